The summed E-state index contributed by atoms with van der Waals surface area (Å²) in [6.45, 7) is 1.56. The monoisotopic (exact) mass is 272 g/mol. The first-order valence-corrected chi connectivity index (χ1v) is 5.73. The number of hydrogen-bond acceptors (Lipinski definition) is 4. The summed E-state index contributed by atoms with van der Waals surface area (Å²) in [5.41, 5.74) is -0.538. The van der Waals surface area contributed by atoms with Gasteiger partial charge in [0.25, 0.3) is 5.91 Å². The zero-order chi connectivity index (χ0) is 13.7. The Morgan fingerprint density at radius 2 is 2.28 bits per heavy atom. The molecule has 7 heteroatoms. The first-order chi connectivity index (χ1) is 8.51. The summed E-state index contributed by atoms with van der Waals surface area (Å²) in [7, 11) is 0. The minimum absolute atomic E-state index is 0.0929. The summed E-state index contributed by atoms with van der Waals surface area (Å²) in [5.74, 6) is -0.620. The van der Waals surface area contributed by atoms with E-state index in [2.05, 4.69) is 5.32 Å². The van der Waals surface area contributed by atoms with E-state index >= 15 is 0 Å². The molecule has 98 valence electrons. The van der Waals surface area contributed by atoms with Crippen molar-refractivity contribution in [2.45, 2.75) is 19.4 Å². The SMILES string of the molecule is CC[C@@H](CO)NC(=O)c1cccc(Cl)c1[N+](=O)[O-]. The number of halogens is 1. The van der Waals surface area contributed by atoms with Crippen LogP contribution in [-0.4, -0.2) is 28.6 Å². The Hall–Kier alpha value is -1.66. The zero-order valence-electron chi connectivity index (χ0n) is 9.72. The van der Waals surface area contributed by atoms with Crippen molar-refractivity contribution < 1.29 is 14.8 Å². The number of nitro groups is 1. The topological polar surface area (TPSA) is 92.5 Å². The van der Waals surface area contributed by atoms with Crippen molar-refractivity contribution in [1.82, 2.24) is 5.32 Å². The highest BCUT2D eigenvalue weighted by Crippen LogP contribution is 2.28. The van der Waals surface area contributed by atoms with Gasteiger partial charge < -0.3 is 10.4 Å². The maximum Gasteiger partial charge on any atom is 0.300 e. The number of carbonyl (C=O) groups is 1. The van der Waals surface area contributed by atoms with Crippen molar-refractivity contribution >= 4 is 23.2 Å². The number of nitro benzene ring substituents is 1. The molecule has 0 radical (unpaired) electrons. The van der Waals surface area contributed by atoms with E-state index in [1.54, 1.807) is 6.92 Å². The van der Waals surface area contributed by atoms with Crippen LogP contribution in [0.25, 0.3) is 0 Å². The van der Waals surface area contributed by atoms with E-state index in [1.807, 2.05) is 0 Å². The number of aliphatic hydroxyl groups is 1. The Balaban J connectivity index is 3.06. The van der Waals surface area contributed by atoms with Gasteiger partial charge in [0.15, 0.2) is 0 Å². The van der Waals surface area contributed by atoms with Crippen LogP contribution in [0.2, 0.25) is 5.02 Å². The van der Waals surface area contributed by atoms with Crippen LogP contribution < -0.4 is 5.32 Å². The van der Waals surface area contributed by atoms with Crippen LogP contribution in [0.15, 0.2) is 18.2 Å². The number of nitrogens with one attached hydrogen (secondary N) is 1. The van der Waals surface area contributed by atoms with Gasteiger partial charge in [-0.05, 0) is 18.6 Å². The lowest BCUT2D eigenvalue weighted by molar-refractivity contribution is -0.385. The van der Waals surface area contributed by atoms with Gasteiger partial charge in [0.2, 0.25) is 0 Å². The molecule has 6 nitrogen and oxygen atoms in total. The summed E-state index contributed by atoms with van der Waals surface area (Å²) in [5, 5.41) is 22.3. The molecule has 1 rings (SSSR count). The first-order valence-electron chi connectivity index (χ1n) is 5.35. The molecule has 0 aliphatic carbocycles. The van der Waals surface area contributed by atoms with Crippen LogP contribution in [0.3, 0.4) is 0 Å². The number of carbonyl (C=O) groups excluding carboxylic acids is 1. The van der Waals surface area contributed by atoms with Crippen LogP contribution in [0, 0.1) is 10.1 Å². The predicted molar refractivity (Wildman–Crippen MR) is 66.7 cm³/mol. The third kappa shape index (κ3) is 3.18. The minimum Gasteiger partial charge on any atom is -0.394 e. The predicted octanol–water partition coefficient (Wildman–Crippen LogP) is 1.75. The van der Waals surface area contributed by atoms with E-state index in [0.29, 0.717) is 6.42 Å². The molecule has 0 aliphatic rings. The van der Waals surface area contributed by atoms with Gasteiger partial charge in [-0.1, -0.05) is 24.6 Å². The fourth-order valence-corrected chi connectivity index (χ4v) is 1.67. The maximum absolute atomic E-state index is 11.9. The lowest BCUT2D eigenvalue weighted by Crippen LogP contribution is -2.37. The van der Waals surface area contributed by atoms with E-state index < -0.39 is 22.6 Å². The number of amides is 1. The summed E-state index contributed by atoms with van der Waals surface area (Å²) in [4.78, 5) is 22.0. The third-order valence-electron chi connectivity index (χ3n) is 2.46. The summed E-state index contributed by atoms with van der Waals surface area (Å²) in [6, 6.07) is 3.70. The molecule has 0 spiro atoms. The highest BCUT2D eigenvalue weighted by atomic mass is 35.5. The summed E-state index contributed by atoms with van der Waals surface area (Å²) < 4.78 is 0. The van der Waals surface area contributed by atoms with Crippen molar-refractivity contribution in [1.29, 1.82) is 0 Å². The molecule has 0 saturated heterocycles. The number of nitrogens with zero attached hydrogens (tertiary/aromatic N) is 1. The number of para-hydroxylation sites is 1. The van der Waals surface area contributed by atoms with E-state index in [-0.39, 0.29) is 17.2 Å². The van der Waals surface area contributed by atoms with Gasteiger partial charge in [-0.3, -0.25) is 14.9 Å². The largest absolute Gasteiger partial charge is 0.394 e. The average Bonchev–Trinajstić information content (AvgIpc) is 2.34. The molecular formula is C11H13ClN2O4. The molecule has 0 unspecified atom stereocenters. The molecule has 0 bridgehead atoms. The second-order valence-corrected chi connectivity index (χ2v) is 4.06. The smallest absolute Gasteiger partial charge is 0.300 e. The molecule has 0 heterocycles. The van der Waals surface area contributed by atoms with E-state index in [9.17, 15) is 14.9 Å². The third-order valence-corrected chi connectivity index (χ3v) is 2.77. The standard InChI is InChI=1S/C11H13ClN2O4/c1-2-7(6-15)13-11(16)8-4-3-5-9(12)10(8)14(17)18/h3-5,7,15H,2,6H2,1H3,(H,13,16)/t7-/m0/s1. The molecule has 0 saturated carbocycles. The zero-order valence-corrected chi connectivity index (χ0v) is 10.5. The van der Waals surface area contributed by atoms with Gasteiger partial charge in [0, 0.05) is 0 Å². The summed E-state index contributed by atoms with van der Waals surface area (Å²) in [6.07, 6.45) is 0.524. The highest BCUT2D eigenvalue weighted by molar-refractivity contribution is 6.33. The average molecular weight is 273 g/mol. The molecular weight excluding hydrogens is 260 g/mol. The van der Waals surface area contributed by atoms with Crippen molar-refractivity contribution in [3.05, 3.63) is 38.9 Å². The molecule has 2 N–H and O–H groups in total. The highest BCUT2D eigenvalue weighted by Gasteiger charge is 2.24. The maximum atomic E-state index is 11.9. The Bertz CT molecular complexity index is 460. The second-order valence-electron chi connectivity index (χ2n) is 3.65. The van der Waals surface area contributed by atoms with E-state index in [1.165, 1.54) is 18.2 Å². The summed E-state index contributed by atoms with van der Waals surface area (Å²) >= 11 is 5.70. The molecule has 1 aromatic rings. The lowest BCUT2D eigenvalue weighted by atomic mass is 10.1. The van der Waals surface area contributed by atoms with Crippen molar-refractivity contribution in [2.24, 2.45) is 0 Å². The normalized spacial score (nSPS) is 11.9. The molecule has 0 fully saturated rings. The van der Waals surface area contributed by atoms with Crippen LogP contribution in [0.5, 0.6) is 0 Å². The van der Waals surface area contributed by atoms with Crippen molar-refractivity contribution in [3.8, 4) is 0 Å². The van der Waals surface area contributed by atoms with E-state index in [0.717, 1.165) is 0 Å². The van der Waals surface area contributed by atoms with Gasteiger partial charge in [-0.25, -0.2) is 0 Å². The van der Waals surface area contributed by atoms with Gasteiger partial charge in [0.1, 0.15) is 10.6 Å². The van der Waals surface area contributed by atoms with Crippen molar-refractivity contribution in [3.63, 3.8) is 0 Å². The van der Waals surface area contributed by atoms with Gasteiger partial charge in [0.05, 0.1) is 17.6 Å². The van der Waals surface area contributed by atoms with Crippen LogP contribution >= 0.6 is 11.6 Å². The number of benzene rings is 1. The van der Waals surface area contributed by atoms with Crippen LogP contribution in [0.1, 0.15) is 23.7 Å². The van der Waals surface area contributed by atoms with Gasteiger partial charge in [-0.2, -0.15) is 0 Å². The van der Waals surface area contributed by atoms with Crippen LogP contribution in [-0.2, 0) is 0 Å². The Morgan fingerprint density at radius 3 is 2.78 bits per heavy atom. The fraction of sp³-hybridized carbons (Fsp3) is 0.364. The second kappa shape index (κ2) is 6.32. The van der Waals surface area contributed by atoms with Crippen LogP contribution in [0.4, 0.5) is 5.69 Å². The fourth-order valence-electron chi connectivity index (χ4n) is 1.42. The minimum atomic E-state index is -0.697. The first kappa shape index (κ1) is 14.4. The van der Waals surface area contributed by atoms with Gasteiger partial charge >= 0.3 is 5.69 Å². The Kier molecular flexibility index (Phi) is 5.06. The molecule has 0 aromatic heterocycles. The quantitative estimate of drug-likeness (QED) is 0.631. The molecule has 1 atom stereocenters. The number of rotatable bonds is 5. The van der Waals surface area contributed by atoms with E-state index in [4.69, 9.17) is 16.7 Å². The molecule has 18 heavy (non-hydrogen) atoms. The Morgan fingerprint density at radius 1 is 1.61 bits per heavy atom. The van der Waals surface area contributed by atoms with Gasteiger partial charge in [-0.15, -0.1) is 0 Å². The Labute approximate surface area is 109 Å². The molecule has 0 aliphatic heterocycles. The van der Waals surface area contributed by atoms with Crippen molar-refractivity contribution in [2.75, 3.05) is 6.61 Å². The molecule has 1 amide bonds. The number of aliphatic hydroxyl groups excluding tert-OH is 1. The molecule has 1 aromatic carbocycles. The number of hydrogen-bond donors (Lipinski definition) is 2. The lowest BCUT2D eigenvalue weighted by Gasteiger charge is -2.14.